The van der Waals surface area contributed by atoms with E-state index in [9.17, 15) is 14.0 Å². The first-order valence-electron chi connectivity index (χ1n) is 9.50. The van der Waals surface area contributed by atoms with Crippen molar-refractivity contribution in [1.82, 2.24) is 19.6 Å². The Morgan fingerprint density at radius 1 is 1.29 bits per heavy atom. The lowest BCUT2D eigenvalue weighted by molar-refractivity contribution is -0.137. The summed E-state index contributed by atoms with van der Waals surface area (Å²) in [4.78, 5) is 30.7. The Kier molecular flexibility index (Phi) is 7.51. The second kappa shape index (κ2) is 9.64. The van der Waals surface area contributed by atoms with Crippen LogP contribution in [0.15, 0.2) is 24.5 Å². The number of ether oxygens (including phenoxy) is 1. The van der Waals surface area contributed by atoms with Crippen LogP contribution in [0.4, 0.5) is 4.39 Å². The van der Waals surface area contributed by atoms with E-state index in [1.165, 1.54) is 12.3 Å². The molecular formula is C20H29FN4O3. The standard InChI is InChI=1S/C20H29FN4O3/c1-6-28-19(13(2)3)20(27)22-14(4)10-24(5)18(26)9-16-12-25-11-15(21)7-8-17(25)23-16/h7-8,11-14,19H,6,9-10H2,1-5H3,(H,22,27). The predicted molar refractivity (Wildman–Crippen MR) is 104 cm³/mol. The first-order valence-corrected chi connectivity index (χ1v) is 9.50. The van der Waals surface area contributed by atoms with Gasteiger partial charge in [0.15, 0.2) is 0 Å². The average Bonchev–Trinajstić information content (AvgIpc) is 3.00. The Hall–Kier alpha value is -2.48. The zero-order valence-corrected chi connectivity index (χ0v) is 17.1. The monoisotopic (exact) mass is 392 g/mol. The number of amides is 2. The van der Waals surface area contributed by atoms with E-state index in [4.69, 9.17) is 4.74 Å². The summed E-state index contributed by atoms with van der Waals surface area (Å²) >= 11 is 0. The fourth-order valence-electron chi connectivity index (χ4n) is 3.03. The smallest absolute Gasteiger partial charge is 0.249 e. The van der Waals surface area contributed by atoms with E-state index >= 15 is 0 Å². The largest absolute Gasteiger partial charge is 0.368 e. The van der Waals surface area contributed by atoms with Crippen LogP contribution < -0.4 is 5.32 Å². The van der Waals surface area contributed by atoms with E-state index in [1.807, 2.05) is 27.7 Å². The van der Waals surface area contributed by atoms with E-state index in [1.54, 1.807) is 28.6 Å². The van der Waals surface area contributed by atoms with Gasteiger partial charge < -0.3 is 19.4 Å². The lowest BCUT2D eigenvalue weighted by atomic mass is 10.1. The Morgan fingerprint density at radius 3 is 2.64 bits per heavy atom. The molecule has 0 saturated heterocycles. The number of imidazole rings is 1. The molecule has 1 N–H and O–H groups in total. The average molecular weight is 392 g/mol. The van der Waals surface area contributed by atoms with Crippen molar-refractivity contribution in [2.75, 3.05) is 20.2 Å². The molecule has 0 aliphatic heterocycles. The normalized spacial score (nSPS) is 13.5. The topological polar surface area (TPSA) is 75.9 Å². The van der Waals surface area contributed by atoms with Crippen LogP contribution >= 0.6 is 0 Å². The Labute approximate surface area is 164 Å². The van der Waals surface area contributed by atoms with Gasteiger partial charge in [-0.2, -0.15) is 0 Å². The minimum atomic E-state index is -0.508. The second-order valence-electron chi connectivity index (χ2n) is 7.33. The zero-order chi connectivity index (χ0) is 20.8. The third kappa shape index (κ3) is 5.76. The number of carbonyl (C=O) groups excluding carboxylic acids is 2. The summed E-state index contributed by atoms with van der Waals surface area (Å²) in [7, 11) is 1.68. The molecule has 0 aliphatic carbocycles. The summed E-state index contributed by atoms with van der Waals surface area (Å²) in [6.07, 6.45) is 2.56. The molecule has 0 aromatic carbocycles. The fraction of sp³-hybridized carbons (Fsp3) is 0.550. The third-order valence-corrected chi connectivity index (χ3v) is 4.37. The molecule has 154 valence electrons. The summed E-state index contributed by atoms with van der Waals surface area (Å²) < 4.78 is 20.3. The highest BCUT2D eigenvalue weighted by Gasteiger charge is 2.24. The van der Waals surface area contributed by atoms with Crippen LogP contribution in [0.25, 0.3) is 5.65 Å². The number of hydrogen-bond donors (Lipinski definition) is 1. The summed E-state index contributed by atoms with van der Waals surface area (Å²) in [5.41, 5.74) is 1.15. The van der Waals surface area contributed by atoms with Crippen LogP contribution in [0.3, 0.4) is 0 Å². The van der Waals surface area contributed by atoms with Gasteiger partial charge in [0.1, 0.15) is 17.6 Å². The quantitative estimate of drug-likeness (QED) is 0.709. The maximum Gasteiger partial charge on any atom is 0.249 e. The van der Waals surface area contributed by atoms with Gasteiger partial charge in [0.2, 0.25) is 11.8 Å². The number of pyridine rings is 1. The minimum Gasteiger partial charge on any atom is -0.368 e. The van der Waals surface area contributed by atoms with Gasteiger partial charge in [0, 0.05) is 38.6 Å². The molecule has 2 amide bonds. The summed E-state index contributed by atoms with van der Waals surface area (Å²) in [5, 5.41) is 2.90. The van der Waals surface area contributed by atoms with Crippen LogP contribution in [-0.4, -0.2) is 58.4 Å². The van der Waals surface area contributed by atoms with E-state index in [0.717, 1.165) is 0 Å². The van der Waals surface area contributed by atoms with Gasteiger partial charge in [-0.25, -0.2) is 9.37 Å². The van der Waals surface area contributed by atoms with Gasteiger partial charge in [0.25, 0.3) is 0 Å². The van der Waals surface area contributed by atoms with Crippen molar-refractivity contribution in [3.05, 3.63) is 36.0 Å². The Balaban J connectivity index is 1.90. The molecule has 0 fully saturated rings. The molecule has 0 bridgehead atoms. The summed E-state index contributed by atoms with van der Waals surface area (Å²) in [5.74, 6) is -0.606. The number of halogens is 1. The van der Waals surface area contributed by atoms with E-state index < -0.39 is 6.10 Å². The molecular weight excluding hydrogens is 363 g/mol. The van der Waals surface area contributed by atoms with Crippen molar-refractivity contribution in [1.29, 1.82) is 0 Å². The van der Waals surface area contributed by atoms with Crippen molar-refractivity contribution in [2.45, 2.75) is 46.3 Å². The number of likely N-dealkylation sites (N-methyl/N-ethyl adjacent to an activating group) is 1. The summed E-state index contributed by atoms with van der Waals surface area (Å²) in [6.45, 7) is 8.39. The van der Waals surface area contributed by atoms with Crippen molar-refractivity contribution in [2.24, 2.45) is 5.92 Å². The molecule has 2 aromatic heterocycles. The highest BCUT2D eigenvalue weighted by Crippen LogP contribution is 2.09. The second-order valence-corrected chi connectivity index (χ2v) is 7.33. The highest BCUT2D eigenvalue weighted by molar-refractivity contribution is 5.81. The first kappa shape index (κ1) is 21.8. The van der Waals surface area contributed by atoms with E-state index in [2.05, 4.69) is 10.3 Å². The number of fused-ring (bicyclic) bond motifs is 1. The molecule has 2 atom stereocenters. The number of carbonyl (C=O) groups is 2. The molecule has 0 aliphatic rings. The van der Waals surface area contributed by atoms with Gasteiger partial charge in [-0.3, -0.25) is 9.59 Å². The summed E-state index contributed by atoms with van der Waals surface area (Å²) in [6, 6.07) is 2.67. The lowest BCUT2D eigenvalue weighted by Crippen LogP contribution is -2.48. The van der Waals surface area contributed by atoms with Gasteiger partial charge in [-0.15, -0.1) is 0 Å². The SMILES string of the molecule is CCOC(C(=O)NC(C)CN(C)C(=O)Cc1cn2cc(F)ccc2n1)C(C)C. The molecule has 7 nitrogen and oxygen atoms in total. The molecule has 0 spiro atoms. The van der Waals surface area contributed by atoms with Crippen LogP contribution in [0, 0.1) is 11.7 Å². The predicted octanol–water partition coefficient (Wildman–Crippen LogP) is 2.04. The maximum absolute atomic E-state index is 13.3. The zero-order valence-electron chi connectivity index (χ0n) is 17.1. The van der Waals surface area contributed by atoms with Gasteiger partial charge in [0.05, 0.1) is 12.1 Å². The molecule has 2 unspecified atom stereocenters. The number of rotatable bonds is 9. The molecule has 0 saturated carbocycles. The van der Waals surface area contributed by atoms with Crippen molar-refractivity contribution in [3.8, 4) is 0 Å². The molecule has 2 rings (SSSR count). The molecule has 0 radical (unpaired) electrons. The van der Waals surface area contributed by atoms with Crippen molar-refractivity contribution < 1.29 is 18.7 Å². The number of nitrogens with one attached hydrogen (secondary N) is 1. The number of nitrogens with zero attached hydrogens (tertiary/aromatic N) is 3. The van der Waals surface area contributed by atoms with Gasteiger partial charge in [-0.1, -0.05) is 13.8 Å². The van der Waals surface area contributed by atoms with Crippen LogP contribution in [0.1, 0.15) is 33.4 Å². The lowest BCUT2D eigenvalue weighted by Gasteiger charge is -2.25. The fourth-order valence-corrected chi connectivity index (χ4v) is 3.03. The molecule has 2 aromatic rings. The minimum absolute atomic E-state index is 0.0615. The van der Waals surface area contributed by atoms with Crippen LogP contribution in [-0.2, 0) is 20.7 Å². The number of aromatic nitrogens is 2. The van der Waals surface area contributed by atoms with E-state index in [-0.39, 0.29) is 36.0 Å². The van der Waals surface area contributed by atoms with Gasteiger partial charge >= 0.3 is 0 Å². The Morgan fingerprint density at radius 2 is 2.00 bits per heavy atom. The highest BCUT2D eigenvalue weighted by atomic mass is 19.1. The molecule has 2 heterocycles. The van der Waals surface area contributed by atoms with E-state index in [0.29, 0.717) is 24.5 Å². The maximum atomic E-state index is 13.3. The first-order chi connectivity index (χ1) is 13.2. The van der Waals surface area contributed by atoms with Crippen LogP contribution in [0.5, 0.6) is 0 Å². The molecule has 28 heavy (non-hydrogen) atoms. The van der Waals surface area contributed by atoms with Crippen LogP contribution in [0.2, 0.25) is 0 Å². The van der Waals surface area contributed by atoms with Crippen molar-refractivity contribution >= 4 is 17.5 Å². The van der Waals surface area contributed by atoms with Crippen molar-refractivity contribution in [3.63, 3.8) is 0 Å². The van der Waals surface area contributed by atoms with Gasteiger partial charge in [-0.05, 0) is 31.9 Å². The third-order valence-electron chi connectivity index (χ3n) is 4.37. The molecule has 8 heteroatoms. The Bertz CT molecular complexity index is 821. The number of hydrogen-bond acceptors (Lipinski definition) is 4.